The van der Waals surface area contributed by atoms with E-state index < -0.39 is 6.10 Å². The maximum Gasteiger partial charge on any atom is 0.253 e. The first-order valence-electron chi connectivity index (χ1n) is 7.39. The van der Waals surface area contributed by atoms with Crippen LogP contribution in [0.5, 0.6) is 0 Å². The van der Waals surface area contributed by atoms with E-state index in [0.29, 0.717) is 36.9 Å². The molecule has 0 fully saturated rings. The van der Waals surface area contributed by atoms with Crippen molar-refractivity contribution < 1.29 is 9.53 Å². The fraction of sp³-hybridized carbons (Fsp3) is 0.312. The number of ether oxygens (including phenoxy) is 1. The largest absolute Gasteiger partial charge is 0.368 e. The molecule has 1 unspecified atom stereocenters. The Balaban J connectivity index is 1.94. The number of aromatic nitrogens is 3. The average Bonchev–Trinajstić information content (AvgIpc) is 3.04. The summed E-state index contributed by atoms with van der Waals surface area (Å²) in [4.78, 5) is 16.3. The molecule has 0 saturated carbocycles. The van der Waals surface area contributed by atoms with Gasteiger partial charge in [-0.2, -0.15) is 5.10 Å². The van der Waals surface area contributed by atoms with E-state index in [0.717, 1.165) is 5.56 Å². The normalized spacial score (nSPS) is 11.9. The molecule has 1 aromatic heterocycles. The summed E-state index contributed by atoms with van der Waals surface area (Å²) >= 11 is 0. The first-order valence-corrected chi connectivity index (χ1v) is 7.39. The number of anilines is 1. The Bertz CT molecular complexity index is 651. The van der Waals surface area contributed by atoms with Crippen LogP contribution >= 0.6 is 0 Å². The quantitative estimate of drug-likeness (QED) is 0.509. The van der Waals surface area contributed by atoms with Crippen molar-refractivity contribution in [3.63, 3.8) is 0 Å². The van der Waals surface area contributed by atoms with Gasteiger partial charge in [-0.15, -0.1) is 6.58 Å². The number of hydrogen-bond donors (Lipinski definition) is 3. The zero-order valence-electron chi connectivity index (χ0n) is 13.1. The van der Waals surface area contributed by atoms with Crippen molar-refractivity contribution in [3.8, 4) is 11.4 Å². The fourth-order valence-corrected chi connectivity index (χ4v) is 1.87. The summed E-state index contributed by atoms with van der Waals surface area (Å²) < 4.78 is 5.41. The van der Waals surface area contributed by atoms with E-state index in [9.17, 15) is 4.79 Å². The van der Waals surface area contributed by atoms with Gasteiger partial charge in [0.15, 0.2) is 5.82 Å². The molecule has 2 rings (SSSR count). The molecule has 7 heteroatoms. The molecule has 0 radical (unpaired) electrons. The van der Waals surface area contributed by atoms with Crippen LogP contribution in [0, 0.1) is 0 Å². The highest BCUT2D eigenvalue weighted by molar-refractivity contribution is 5.94. The Morgan fingerprint density at radius 3 is 2.83 bits per heavy atom. The highest BCUT2D eigenvalue weighted by atomic mass is 16.5. The highest BCUT2D eigenvalue weighted by Crippen LogP contribution is 2.18. The molecule has 1 aromatic carbocycles. The lowest BCUT2D eigenvalue weighted by Gasteiger charge is -2.13. The molecule has 23 heavy (non-hydrogen) atoms. The number of H-pyrrole nitrogens is 1. The Morgan fingerprint density at radius 2 is 2.22 bits per heavy atom. The molecule has 0 aliphatic carbocycles. The Hall–Kier alpha value is -2.51. The molecule has 1 amide bonds. The van der Waals surface area contributed by atoms with E-state index in [-0.39, 0.29) is 5.91 Å². The molecule has 1 heterocycles. The molecule has 122 valence electrons. The molecular weight excluding hydrogens is 294 g/mol. The number of benzene rings is 1. The number of nitrogens with two attached hydrogens (primary N) is 1. The SMILES string of the molecule is C=CCCOC(C)C(=O)Nc1ccc(-c2n[nH]c(CN)n2)cc1. The minimum Gasteiger partial charge on any atom is -0.368 e. The lowest BCUT2D eigenvalue weighted by Crippen LogP contribution is -2.27. The van der Waals surface area contributed by atoms with Crippen LogP contribution in [-0.2, 0) is 16.1 Å². The number of aromatic amines is 1. The van der Waals surface area contributed by atoms with E-state index in [4.69, 9.17) is 10.5 Å². The fourth-order valence-electron chi connectivity index (χ4n) is 1.87. The third-order valence-corrected chi connectivity index (χ3v) is 3.19. The molecular formula is C16H21N5O2. The maximum absolute atomic E-state index is 12.0. The van der Waals surface area contributed by atoms with Crippen molar-refractivity contribution in [2.45, 2.75) is 26.0 Å². The lowest BCUT2D eigenvalue weighted by molar-refractivity contribution is -0.126. The van der Waals surface area contributed by atoms with Gasteiger partial charge in [-0.25, -0.2) is 4.98 Å². The number of carbonyl (C=O) groups excluding carboxylic acids is 1. The van der Waals surface area contributed by atoms with E-state index in [1.54, 1.807) is 25.1 Å². The second kappa shape index (κ2) is 8.21. The molecule has 7 nitrogen and oxygen atoms in total. The number of nitrogens with zero attached hydrogens (tertiary/aromatic N) is 2. The van der Waals surface area contributed by atoms with Gasteiger partial charge in [0.2, 0.25) is 0 Å². The standard InChI is InChI=1S/C16H21N5O2/c1-3-4-9-23-11(2)16(22)18-13-7-5-12(6-8-13)15-19-14(10-17)20-21-15/h3,5-8,11H,1,4,9-10,17H2,2H3,(H,18,22)(H,19,20,21). The van der Waals surface area contributed by atoms with E-state index in [1.807, 2.05) is 12.1 Å². The van der Waals surface area contributed by atoms with Crippen LogP contribution in [0.25, 0.3) is 11.4 Å². The van der Waals surface area contributed by atoms with E-state index in [2.05, 4.69) is 27.1 Å². The molecule has 4 N–H and O–H groups in total. The van der Waals surface area contributed by atoms with Crippen molar-refractivity contribution in [2.24, 2.45) is 5.73 Å². The van der Waals surface area contributed by atoms with Gasteiger partial charge in [0, 0.05) is 11.3 Å². The maximum atomic E-state index is 12.0. The van der Waals surface area contributed by atoms with E-state index in [1.165, 1.54) is 0 Å². The topological polar surface area (TPSA) is 106 Å². The number of amides is 1. The average molecular weight is 315 g/mol. The Kier molecular flexibility index (Phi) is 6.02. The number of carbonyl (C=O) groups is 1. The van der Waals surface area contributed by atoms with Gasteiger partial charge in [-0.3, -0.25) is 9.89 Å². The number of hydrogen-bond acceptors (Lipinski definition) is 5. The van der Waals surface area contributed by atoms with E-state index >= 15 is 0 Å². The molecule has 0 saturated heterocycles. The zero-order chi connectivity index (χ0) is 16.7. The van der Waals surface area contributed by atoms with Crippen LogP contribution in [0.4, 0.5) is 5.69 Å². The molecule has 2 aromatic rings. The minimum atomic E-state index is -0.519. The van der Waals surface area contributed by atoms with Crippen molar-refractivity contribution in [1.82, 2.24) is 15.2 Å². The molecule has 0 aliphatic rings. The summed E-state index contributed by atoms with van der Waals surface area (Å²) in [6, 6.07) is 7.26. The van der Waals surface area contributed by atoms with Crippen molar-refractivity contribution in [3.05, 3.63) is 42.7 Å². The van der Waals surface area contributed by atoms with Crippen LogP contribution < -0.4 is 11.1 Å². The van der Waals surface area contributed by atoms with Crippen molar-refractivity contribution in [1.29, 1.82) is 0 Å². The van der Waals surface area contributed by atoms with Gasteiger partial charge in [-0.1, -0.05) is 6.08 Å². The first kappa shape index (κ1) is 16.9. The van der Waals surface area contributed by atoms with Gasteiger partial charge >= 0.3 is 0 Å². The minimum absolute atomic E-state index is 0.190. The highest BCUT2D eigenvalue weighted by Gasteiger charge is 2.13. The van der Waals surface area contributed by atoms with Crippen molar-refractivity contribution in [2.75, 3.05) is 11.9 Å². The molecule has 0 aliphatic heterocycles. The van der Waals surface area contributed by atoms with Gasteiger partial charge in [-0.05, 0) is 37.6 Å². The van der Waals surface area contributed by atoms with Crippen molar-refractivity contribution >= 4 is 11.6 Å². The van der Waals surface area contributed by atoms with Gasteiger partial charge in [0.05, 0.1) is 13.2 Å². The second-order valence-electron chi connectivity index (χ2n) is 4.97. The lowest BCUT2D eigenvalue weighted by atomic mass is 10.2. The Morgan fingerprint density at radius 1 is 1.48 bits per heavy atom. The Labute approximate surface area is 135 Å². The number of nitrogens with one attached hydrogen (secondary N) is 2. The number of rotatable bonds is 8. The van der Waals surface area contributed by atoms with Crippen LogP contribution in [-0.4, -0.2) is 33.8 Å². The summed E-state index contributed by atoms with van der Waals surface area (Å²) in [7, 11) is 0. The second-order valence-corrected chi connectivity index (χ2v) is 4.97. The molecule has 1 atom stereocenters. The summed E-state index contributed by atoms with van der Waals surface area (Å²) in [5, 5.41) is 9.65. The van der Waals surface area contributed by atoms with Crippen LogP contribution in [0.2, 0.25) is 0 Å². The molecule has 0 bridgehead atoms. The summed E-state index contributed by atoms with van der Waals surface area (Å²) in [6.07, 6.45) is 1.95. The predicted octanol–water partition coefficient (Wildman–Crippen LogP) is 1.85. The van der Waals surface area contributed by atoms with Crippen LogP contribution in [0.15, 0.2) is 36.9 Å². The molecule has 0 spiro atoms. The smallest absolute Gasteiger partial charge is 0.253 e. The first-order chi connectivity index (χ1) is 11.1. The summed E-state index contributed by atoms with van der Waals surface area (Å²) in [5.74, 6) is 1.01. The third-order valence-electron chi connectivity index (χ3n) is 3.19. The monoisotopic (exact) mass is 315 g/mol. The van der Waals surface area contributed by atoms with Gasteiger partial charge in [0.1, 0.15) is 11.9 Å². The van der Waals surface area contributed by atoms with Gasteiger partial charge in [0.25, 0.3) is 5.91 Å². The van der Waals surface area contributed by atoms with Crippen LogP contribution in [0.1, 0.15) is 19.2 Å². The summed E-state index contributed by atoms with van der Waals surface area (Å²) in [6.45, 7) is 6.12. The van der Waals surface area contributed by atoms with Gasteiger partial charge < -0.3 is 15.8 Å². The predicted molar refractivity (Wildman–Crippen MR) is 88.6 cm³/mol. The summed E-state index contributed by atoms with van der Waals surface area (Å²) in [5.41, 5.74) is 7.02. The van der Waals surface area contributed by atoms with Crippen LogP contribution in [0.3, 0.4) is 0 Å². The zero-order valence-corrected chi connectivity index (χ0v) is 13.1. The third kappa shape index (κ3) is 4.73.